The van der Waals surface area contributed by atoms with Crippen LogP contribution in [0, 0.1) is 0 Å². The summed E-state index contributed by atoms with van der Waals surface area (Å²) in [6.45, 7) is 7.41. The highest BCUT2D eigenvalue weighted by Crippen LogP contribution is 2.02. The Hall–Kier alpha value is -1.70. The molecule has 1 aromatic rings. The average molecular weight is 335 g/mol. The predicted molar refractivity (Wildman–Crippen MR) is 93.9 cm³/mol. The molecule has 0 saturated carbocycles. The van der Waals surface area contributed by atoms with E-state index in [1.54, 1.807) is 18.2 Å². The highest BCUT2D eigenvalue weighted by molar-refractivity contribution is 5.74. The molecule has 1 aliphatic heterocycles. The van der Waals surface area contributed by atoms with Crippen LogP contribution < -0.4 is 5.32 Å². The maximum atomic E-state index is 12.5. The zero-order chi connectivity index (χ0) is 17.2. The quantitative estimate of drug-likeness (QED) is 0.749. The number of rotatable bonds is 8. The van der Waals surface area contributed by atoms with Crippen LogP contribution in [-0.4, -0.2) is 92.3 Å². The third-order valence-electron chi connectivity index (χ3n) is 4.23. The first-order chi connectivity index (χ1) is 11.7. The van der Waals surface area contributed by atoms with E-state index < -0.39 is 0 Å². The summed E-state index contributed by atoms with van der Waals surface area (Å²) in [5, 5.41) is 3.02. The lowest BCUT2D eigenvalue weighted by Crippen LogP contribution is -2.48. The molecule has 2 heterocycles. The van der Waals surface area contributed by atoms with E-state index in [1.807, 2.05) is 18.2 Å². The van der Waals surface area contributed by atoms with E-state index in [0.717, 1.165) is 38.4 Å². The molecule has 7 heteroatoms. The molecular weight excluding hydrogens is 306 g/mol. The molecule has 0 bridgehead atoms. The Bertz CT molecular complexity index is 477. The predicted octanol–water partition coefficient (Wildman–Crippen LogP) is 0.487. The van der Waals surface area contributed by atoms with Crippen molar-refractivity contribution in [3.63, 3.8) is 0 Å². The zero-order valence-corrected chi connectivity index (χ0v) is 14.8. The summed E-state index contributed by atoms with van der Waals surface area (Å²) < 4.78 is 5.11. The summed E-state index contributed by atoms with van der Waals surface area (Å²) in [5.41, 5.74) is 0.878. The zero-order valence-electron chi connectivity index (χ0n) is 14.8. The number of likely N-dealkylation sites (N-methyl/N-ethyl adjacent to an activating group) is 1. The van der Waals surface area contributed by atoms with Gasteiger partial charge in [-0.3, -0.25) is 9.88 Å². The van der Waals surface area contributed by atoms with Gasteiger partial charge in [-0.05, 0) is 19.2 Å². The number of pyridine rings is 1. The molecule has 2 rings (SSSR count). The van der Waals surface area contributed by atoms with Gasteiger partial charge in [0.2, 0.25) is 0 Å². The molecule has 1 aromatic heterocycles. The Morgan fingerprint density at radius 1 is 1.33 bits per heavy atom. The van der Waals surface area contributed by atoms with Gasteiger partial charge >= 0.3 is 6.03 Å². The van der Waals surface area contributed by atoms with Crippen LogP contribution in [0.15, 0.2) is 24.4 Å². The number of nitrogens with zero attached hydrogens (tertiary/aromatic N) is 4. The van der Waals surface area contributed by atoms with Gasteiger partial charge in [0.05, 0.1) is 18.8 Å². The second-order valence-electron chi connectivity index (χ2n) is 6.11. The average Bonchev–Trinajstić information content (AvgIpc) is 2.61. The number of urea groups is 1. The van der Waals surface area contributed by atoms with Crippen molar-refractivity contribution < 1.29 is 9.53 Å². The first kappa shape index (κ1) is 18.6. The van der Waals surface area contributed by atoms with Gasteiger partial charge in [0.15, 0.2) is 0 Å². The van der Waals surface area contributed by atoms with Crippen LogP contribution in [0.3, 0.4) is 0 Å². The summed E-state index contributed by atoms with van der Waals surface area (Å²) in [7, 11) is 3.79. The van der Waals surface area contributed by atoms with E-state index in [0.29, 0.717) is 26.2 Å². The minimum Gasteiger partial charge on any atom is -0.383 e. The Labute approximate surface area is 144 Å². The lowest BCUT2D eigenvalue weighted by Gasteiger charge is -2.32. The highest BCUT2D eigenvalue weighted by atomic mass is 16.5. The topological polar surface area (TPSA) is 60.9 Å². The summed E-state index contributed by atoms with van der Waals surface area (Å²) in [5.74, 6) is 0. The van der Waals surface area contributed by atoms with Gasteiger partial charge < -0.3 is 19.9 Å². The molecule has 0 unspecified atom stereocenters. The lowest BCUT2D eigenvalue weighted by atomic mass is 10.3. The van der Waals surface area contributed by atoms with Crippen molar-refractivity contribution in [2.75, 3.05) is 66.6 Å². The normalized spacial score (nSPS) is 16.1. The lowest BCUT2D eigenvalue weighted by molar-refractivity contribution is 0.140. The molecule has 1 fully saturated rings. The molecule has 1 N–H and O–H groups in total. The molecule has 2 amide bonds. The van der Waals surface area contributed by atoms with Gasteiger partial charge in [-0.25, -0.2) is 4.79 Å². The van der Waals surface area contributed by atoms with E-state index in [-0.39, 0.29) is 6.03 Å². The van der Waals surface area contributed by atoms with Crippen LogP contribution in [0.1, 0.15) is 5.69 Å². The summed E-state index contributed by atoms with van der Waals surface area (Å²) in [6, 6.07) is 5.67. The monoisotopic (exact) mass is 335 g/mol. The molecule has 0 atom stereocenters. The molecule has 134 valence electrons. The Kier molecular flexibility index (Phi) is 7.94. The number of aromatic nitrogens is 1. The van der Waals surface area contributed by atoms with Crippen molar-refractivity contribution in [3.8, 4) is 0 Å². The second-order valence-corrected chi connectivity index (χ2v) is 6.11. The maximum Gasteiger partial charge on any atom is 0.317 e. The van der Waals surface area contributed by atoms with E-state index in [9.17, 15) is 4.79 Å². The van der Waals surface area contributed by atoms with E-state index >= 15 is 0 Å². The maximum absolute atomic E-state index is 12.5. The third-order valence-corrected chi connectivity index (χ3v) is 4.23. The minimum atomic E-state index is -0.0631. The number of hydrogen-bond acceptors (Lipinski definition) is 5. The second kappa shape index (κ2) is 10.2. The number of nitrogens with one attached hydrogen (secondary N) is 1. The van der Waals surface area contributed by atoms with Crippen molar-refractivity contribution in [1.82, 2.24) is 25.0 Å². The van der Waals surface area contributed by atoms with Crippen LogP contribution in [0.5, 0.6) is 0 Å². The number of amides is 2. The fraction of sp³-hybridized carbons (Fsp3) is 0.647. The molecule has 0 aromatic carbocycles. The standard InChI is InChI=1S/C17H29N5O2/c1-20-9-11-21(12-10-20)8-7-19-17(23)22(13-14-24-2)15-16-5-3-4-6-18-16/h3-6H,7-15H2,1-2H3,(H,19,23). The van der Waals surface area contributed by atoms with Crippen molar-refractivity contribution in [3.05, 3.63) is 30.1 Å². The number of methoxy groups -OCH3 is 1. The van der Waals surface area contributed by atoms with Crippen molar-refractivity contribution >= 4 is 6.03 Å². The van der Waals surface area contributed by atoms with E-state index in [2.05, 4.69) is 27.1 Å². The first-order valence-corrected chi connectivity index (χ1v) is 8.51. The SMILES string of the molecule is COCCN(Cc1ccccn1)C(=O)NCCN1CCN(C)CC1. The Balaban J connectivity index is 1.76. The van der Waals surface area contributed by atoms with Crippen LogP contribution in [-0.2, 0) is 11.3 Å². The van der Waals surface area contributed by atoms with Gasteiger partial charge in [-0.15, -0.1) is 0 Å². The third kappa shape index (κ3) is 6.43. The number of piperazine rings is 1. The van der Waals surface area contributed by atoms with Gasteiger partial charge in [-0.2, -0.15) is 0 Å². The fourth-order valence-electron chi connectivity index (χ4n) is 2.65. The molecule has 7 nitrogen and oxygen atoms in total. The van der Waals surface area contributed by atoms with Crippen LogP contribution in [0.2, 0.25) is 0 Å². The summed E-state index contributed by atoms with van der Waals surface area (Å²) >= 11 is 0. The highest BCUT2D eigenvalue weighted by Gasteiger charge is 2.16. The van der Waals surface area contributed by atoms with Gasteiger partial charge in [0, 0.05) is 59.1 Å². The molecule has 1 aliphatic rings. The number of hydrogen-bond donors (Lipinski definition) is 1. The van der Waals surface area contributed by atoms with Crippen molar-refractivity contribution in [2.45, 2.75) is 6.54 Å². The van der Waals surface area contributed by atoms with Crippen molar-refractivity contribution in [1.29, 1.82) is 0 Å². The van der Waals surface area contributed by atoms with Crippen LogP contribution >= 0.6 is 0 Å². The number of carbonyl (C=O) groups is 1. The van der Waals surface area contributed by atoms with Gasteiger partial charge in [0.1, 0.15) is 0 Å². The number of carbonyl (C=O) groups excluding carboxylic acids is 1. The van der Waals surface area contributed by atoms with Crippen LogP contribution in [0.4, 0.5) is 4.79 Å². The molecule has 0 aliphatic carbocycles. The first-order valence-electron chi connectivity index (χ1n) is 8.51. The van der Waals surface area contributed by atoms with Crippen LogP contribution in [0.25, 0.3) is 0 Å². The minimum absolute atomic E-state index is 0.0631. The molecule has 24 heavy (non-hydrogen) atoms. The fourth-order valence-corrected chi connectivity index (χ4v) is 2.65. The Morgan fingerprint density at radius 3 is 2.79 bits per heavy atom. The molecule has 0 radical (unpaired) electrons. The van der Waals surface area contributed by atoms with Gasteiger partial charge in [-0.1, -0.05) is 6.07 Å². The summed E-state index contributed by atoms with van der Waals surface area (Å²) in [6.07, 6.45) is 1.75. The van der Waals surface area contributed by atoms with E-state index in [1.165, 1.54) is 0 Å². The van der Waals surface area contributed by atoms with Gasteiger partial charge in [0.25, 0.3) is 0 Å². The largest absolute Gasteiger partial charge is 0.383 e. The Morgan fingerprint density at radius 2 is 2.12 bits per heavy atom. The molecule has 1 saturated heterocycles. The number of ether oxygens (including phenoxy) is 1. The van der Waals surface area contributed by atoms with Crippen molar-refractivity contribution in [2.24, 2.45) is 0 Å². The molecular formula is C17H29N5O2. The molecule has 0 spiro atoms. The summed E-state index contributed by atoms with van der Waals surface area (Å²) in [4.78, 5) is 23.2. The smallest absolute Gasteiger partial charge is 0.317 e. The van der Waals surface area contributed by atoms with E-state index in [4.69, 9.17) is 4.74 Å².